The molecule has 0 bridgehead atoms. The van der Waals surface area contributed by atoms with Crippen molar-refractivity contribution in [2.75, 3.05) is 4.90 Å². The average molecular weight is 398 g/mol. The van der Waals surface area contributed by atoms with Crippen LogP contribution in [-0.4, -0.2) is 32.2 Å². The van der Waals surface area contributed by atoms with Crippen molar-refractivity contribution in [2.45, 2.75) is 25.9 Å². The number of carbonyl (C=O) groups is 1. The van der Waals surface area contributed by atoms with Gasteiger partial charge in [0.1, 0.15) is 6.54 Å². The molecule has 4 rings (SSSR count). The van der Waals surface area contributed by atoms with E-state index in [9.17, 15) is 4.79 Å². The van der Waals surface area contributed by atoms with Crippen molar-refractivity contribution in [3.8, 4) is 11.4 Å². The van der Waals surface area contributed by atoms with E-state index in [1.165, 1.54) is 10.4 Å². The molecule has 0 aliphatic carbocycles. The molecule has 2 aromatic carbocycles. The molecule has 0 fully saturated rings. The van der Waals surface area contributed by atoms with Gasteiger partial charge in [0, 0.05) is 21.8 Å². The fourth-order valence-electron chi connectivity index (χ4n) is 3.17. The Morgan fingerprint density at radius 2 is 1.96 bits per heavy atom. The van der Waals surface area contributed by atoms with E-state index >= 15 is 0 Å². The highest BCUT2D eigenvalue weighted by molar-refractivity contribution is 9.10. The zero-order valence-electron chi connectivity index (χ0n) is 13.6. The number of aromatic nitrogens is 4. The van der Waals surface area contributed by atoms with Crippen molar-refractivity contribution in [1.82, 2.24) is 20.2 Å². The van der Waals surface area contributed by atoms with E-state index in [0.29, 0.717) is 5.82 Å². The van der Waals surface area contributed by atoms with Crippen LogP contribution in [0.4, 0.5) is 5.69 Å². The molecule has 1 atom stereocenters. The van der Waals surface area contributed by atoms with Crippen LogP contribution in [-0.2, 0) is 17.8 Å². The van der Waals surface area contributed by atoms with Gasteiger partial charge in [0.25, 0.3) is 5.91 Å². The molecule has 126 valence electrons. The summed E-state index contributed by atoms with van der Waals surface area (Å²) in [5, 5.41) is 12.4. The Morgan fingerprint density at radius 1 is 1.20 bits per heavy atom. The van der Waals surface area contributed by atoms with Crippen molar-refractivity contribution >= 4 is 27.5 Å². The number of tetrazole rings is 1. The van der Waals surface area contributed by atoms with E-state index in [-0.39, 0.29) is 18.5 Å². The summed E-state index contributed by atoms with van der Waals surface area (Å²) in [6, 6.07) is 15.8. The summed E-state index contributed by atoms with van der Waals surface area (Å²) in [5.74, 6) is 0.479. The highest BCUT2D eigenvalue weighted by atomic mass is 79.9. The number of hydrogen-bond donors (Lipinski definition) is 0. The minimum absolute atomic E-state index is 0.0304. The van der Waals surface area contributed by atoms with Crippen LogP contribution in [0.15, 0.2) is 53.0 Å². The molecule has 1 aliphatic rings. The van der Waals surface area contributed by atoms with Crippen molar-refractivity contribution in [1.29, 1.82) is 0 Å². The Kier molecular flexibility index (Phi) is 4.09. The van der Waals surface area contributed by atoms with E-state index in [2.05, 4.69) is 44.3 Å². The van der Waals surface area contributed by atoms with Gasteiger partial charge in [-0.05, 0) is 54.5 Å². The summed E-state index contributed by atoms with van der Waals surface area (Å²) in [6.07, 6.45) is 0.872. The van der Waals surface area contributed by atoms with Gasteiger partial charge in [0.2, 0.25) is 5.82 Å². The number of amides is 1. The third-order valence-electron chi connectivity index (χ3n) is 4.31. The van der Waals surface area contributed by atoms with Gasteiger partial charge >= 0.3 is 0 Å². The maximum atomic E-state index is 12.8. The molecule has 0 N–H and O–H groups in total. The minimum Gasteiger partial charge on any atom is -0.307 e. The minimum atomic E-state index is -0.0304. The third kappa shape index (κ3) is 3.07. The maximum absolute atomic E-state index is 12.8. The second kappa shape index (κ2) is 6.40. The molecule has 1 aliphatic heterocycles. The molecule has 0 radical (unpaired) electrons. The smallest absolute Gasteiger partial charge is 0.250 e. The SMILES string of the molecule is CC1Cc2ccccc2N1C(=O)Cn1nnc(-c2ccc(Br)cc2)n1. The molecule has 2 heterocycles. The zero-order valence-corrected chi connectivity index (χ0v) is 15.2. The summed E-state index contributed by atoms with van der Waals surface area (Å²) < 4.78 is 0.987. The van der Waals surface area contributed by atoms with Crippen LogP contribution < -0.4 is 4.90 Å². The van der Waals surface area contributed by atoms with Crippen molar-refractivity contribution in [2.24, 2.45) is 0 Å². The van der Waals surface area contributed by atoms with Gasteiger partial charge in [-0.25, -0.2) is 0 Å². The van der Waals surface area contributed by atoms with E-state index in [1.54, 1.807) is 0 Å². The number of anilines is 1. The Labute approximate surface area is 153 Å². The predicted molar refractivity (Wildman–Crippen MR) is 98.0 cm³/mol. The van der Waals surface area contributed by atoms with Crippen molar-refractivity contribution in [3.63, 3.8) is 0 Å². The van der Waals surface area contributed by atoms with Crippen molar-refractivity contribution < 1.29 is 4.79 Å². The number of nitrogens with zero attached hydrogens (tertiary/aromatic N) is 5. The number of carbonyl (C=O) groups excluding carboxylic acids is 1. The first-order chi connectivity index (χ1) is 12.1. The predicted octanol–water partition coefficient (Wildman–Crippen LogP) is 3.08. The molecule has 0 saturated heterocycles. The first kappa shape index (κ1) is 16.0. The van der Waals surface area contributed by atoms with Crippen LogP contribution in [0.5, 0.6) is 0 Å². The molecule has 1 unspecified atom stereocenters. The summed E-state index contributed by atoms with van der Waals surface area (Å²) in [5.41, 5.74) is 3.04. The molecular weight excluding hydrogens is 382 g/mol. The van der Waals surface area contributed by atoms with Gasteiger partial charge in [0.05, 0.1) is 0 Å². The molecule has 7 heteroatoms. The van der Waals surface area contributed by atoms with Crippen LogP contribution in [0.1, 0.15) is 12.5 Å². The van der Waals surface area contributed by atoms with Crippen LogP contribution in [0.2, 0.25) is 0 Å². The van der Waals surface area contributed by atoms with Crippen LogP contribution >= 0.6 is 15.9 Å². The number of fused-ring (bicyclic) bond motifs is 1. The lowest BCUT2D eigenvalue weighted by atomic mass is 10.1. The number of halogens is 1. The Morgan fingerprint density at radius 3 is 2.76 bits per heavy atom. The Balaban J connectivity index is 1.53. The Hall–Kier alpha value is -2.54. The highest BCUT2D eigenvalue weighted by Gasteiger charge is 2.30. The van der Waals surface area contributed by atoms with E-state index in [0.717, 1.165) is 22.1 Å². The third-order valence-corrected chi connectivity index (χ3v) is 4.84. The normalized spacial score (nSPS) is 16.1. The van der Waals surface area contributed by atoms with E-state index in [4.69, 9.17) is 0 Å². The summed E-state index contributed by atoms with van der Waals surface area (Å²) in [4.78, 5) is 16.0. The quantitative estimate of drug-likeness (QED) is 0.680. The number of rotatable bonds is 3. The topological polar surface area (TPSA) is 63.9 Å². The molecule has 1 amide bonds. The lowest BCUT2D eigenvalue weighted by Gasteiger charge is -2.22. The molecule has 1 aromatic heterocycles. The molecule has 3 aromatic rings. The zero-order chi connectivity index (χ0) is 17.4. The van der Waals surface area contributed by atoms with Gasteiger partial charge in [-0.15, -0.1) is 10.2 Å². The van der Waals surface area contributed by atoms with Gasteiger partial charge < -0.3 is 4.90 Å². The second-order valence-electron chi connectivity index (χ2n) is 6.10. The summed E-state index contributed by atoms with van der Waals surface area (Å²) in [6.45, 7) is 2.13. The molecule has 25 heavy (non-hydrogen) atoms. The molecule has 0 spiro atoms. The molecule has 6 nitrogen and oxygen atoms in total. The number of benzene rings is 2. The second-order valence-corrected chi connectivity index (χ2v) is 7.01. The van der Waals surface area contributed by atoms with Gasteiger partial charge in [0.15, 0.2) is 0 Å². The summed E-state index contributed by atoms with van der Waals surface area (Å²) >= 11 is 3.40. The standard InChI is InChI=1S/C18H16BrN5O/c1-12-10-14-4-2-3-5-16(14)24(12)17(25)11-23-21-18(20-22-23)13-6-8-15(19)9-7-13/h2-9,12H,10-11H2,1H3. The average Bonchev–Trinajstić information content (AvgIpc) is 3.18. The van der Waals surface area contributed by atoms with E-state index in [1.807, 2.05) is 47.4 Å². The molecular formula is C18H16BrN5O. The van der Waals surface area contributed by atoms with Gasteiger partial charge in [-0.3, -0.25) is 4.79 Å². The Bertz CT molecular complexity index is 921. The lowest BCUT2D eigenvalue weighted by molar-refractivity contribution is -0.119. The fraction of sp³-hybridized carbons (Fsp3) is 0.222. The van der Waals surface area contributed by atoms with Gasteiger partial charge in [-0.1, -0.05) is 34.1 Å². The highest BCUT2D eigenvalue weighted by Crippen LogP contribution is 2.31. The fourth-order valence-corrected chi connectivity index (χ4v) is 3.43. The number of hydrogen-bond acceptors (Lipinski definition) is 4. The first-order valence-electron chi connectivity index (χ1n) is 8.05. The maximum Gasteiger partial charge on any atom is 0.250 e. The monoisotopic (exact) mass is 397 g/mol. The van der Waals surface area contributed by atoms with Crippen LogP contribution in [0, 0.1) is 0 Å². The summed E-state index contributed by atoms with van der Waals surface area (Å²) in [7, 11) is 0. The van der Waals surface area contributed by atoms with Crippen LogP contribution in [0.3, 0.4) is 0 Å². The van der Waals surface area contributed by atoms with E-state index < -0.39 is 0 Å². The molecule has 0 saturated carbocycles. The largest absolute Gasteiger partial charge is 0.307 e. The van der Waals surface area contributed by atoms with Crippen molar-refractivity contribution in [3.05, 3.63) is 58.6 Å². The van der Waals surface area contributed by atoms with Crippen LogP contribution in [0.25, 0.3) is 11.4 Å². The van der Waals surface area contributed by atoms with Gasteiger partial charge in [-0.2, -0.15) is 4.80 Å². The lowest BCUT2D eigenvalue weighted by Crippen LogP contribution is -2.38. The number of para-hydroxylation sites is 1. The first-order valence-corrected chi connectivity index (χ1v) is 8.85.